The number of likely N-dealkylation sites (tertiary alicyclic amines) is 2. The van der Waals surface area contributed by atoms with Gasteiger partial charge in [-0.05, 0) is 57.8 Å². The van der Waals surface area contributed by atoms with Crippen LogP contribution in [0.4, 0.5) is 0 Å². The molecule has 5 heteroatoms. The van der Waals surface area contributed by atoms with Gasteiger partial charge >= 0.3 is 5.97 Å². The predicted octanol–water partition coefficient (Wildman–Crippen LogP) is 2.47. The summed E-state index contributed by atoms with van der Waals surface area (Å²) in [5.74, 6) is 0.158. The first kappa shape index (κ1) is 17.7. The predicted molar refractivity (Wildman–Crippen MR) is 83.6 cm³/mol. The smallest absolute Gasteiger partial charge is 0.304 e. The third-order valence-electron chi connectivity index (χ3n) is 4.56. The molecule has 4 nitrogen and oxygen atoms in total. The van der Waals surface area contributed by atoms with E-state index < -0.39 is 5.97 Å². The van der Waals surface area contributed by atoms with E-state index in [0.29, 0.717) is 0 Å². The Morgan fingerprint density at radius 2 is 1.55 bits per heavy atom. The van der Waals surface area contributed by atoms with Crippen molar-refractivity contribution in [2.24, 2.45) is 5.92 Å². The molecule has 2 aliphatic rings. The Labute approximate surface area is 128 Å². The van der Waals surface area contributed by atoms with E-state index in [4.69, 9.17) is 5.11 Å². The van der Waals surface area contributed by atoms with Crippen LogP contribution in [-0.4, -0.2) is 60.1 Å². The summed E-state index contributed by atoms with van der Waals surface area (Å²) < 4.78 is 0. The molecule has 0 amide bonds. The van der Waals surface area contributed by atoms with Crippen molar-refractivity contribution in [3.8, 4) is 0 Å². The zero-order valence-electron chi connectivity index (χ0n) is 12.4. The lowest BCUT2D eigenvalue weighted by Crippen LogP contribution is -2.39. The molecular weight excluding hydrogens is 276 g/mol. The third-order valence-corrected chi connectivity index (χ3v) is 4.56. The number of carboxylic acid groups (broad SMARTS) is 1. The summed E-state index contributed by atoms with van der Waals surface area (Å²) in [4.78, 5) is 15.5. The lowest BCUT2D eigenvalue weighted by molar-refractivity contribution is -0.137. The minimum atomic E-state index is -0.674. The highest BCUT2D eigenvalue weighted by atomic mass is 35.5. The molecule has 2 fully saturated rings. The Morgan fingerprint density at radius 3 is 2.10 bits per heavy atom. The van der Waals surface area contributed by atoms with Crippen LogP contribution in [0.5, 0.6) is 0 Å². The van der Waals surface area contributed by atoms with Crippen molar-refractivity contribution in [1.29, 1.82) is 0 Å². The highest BCUT2D eigenvalue weighted by Gasteiger charge is 2.21. The van der Waals surface area contributed by atoms with Crippen LogP contribution in [-0.2, 0) is 4.79 Å². The number of halogens is 1. The molecule has 0 saturated carbocycles. The van der Waals surface area contributed by atoms with Crippen LogP contribution < -0.4 is 0 Å². The van der Waals surface area contributed by atoms with Crippen molar-refractivity contribution < 1.29 is 9.90 Å². The van der Waals surface area contributed by atoms with Gasteiger partial charge in [0.1, 0.15) is 0 Å². The molecule has 0 atom stereocenters. The van der Waals surface area contributed by atoms with E-state index in [1.54, 1.807) is 0 Å². The molecule has 2 aliphatic heterocycles. The van der Waals surface area contributed by atoms with E-state index in [1.807, 2.05) is 0 Å². The SMILES string of the molecule is Cl.O=C(O)CCN1CCC(CN2CCCCCC2)CC1. The molecule has 0 aliphatic carbocycles. The summed E-state index contributed by atoms with van der Waals surface area (Å²) in [6, 6.07) is 0. The van der Waals surface area contributed by atoms with Gasteiger partial charge in [0, 0.05) is 13.1 Å². The Morgan fingerprint density at radius 1 is 0.950 bits per heavy atom. The highest BCUT2D eigenvalue weighted by molar-refractivity contribution is 5.85. The number of nitrogens with zero attached hydrogens (tertiary/aromatic N) is 2. The number of carboxylic acids is 1. The summed E-state index contributed by atoms with van der Waals surface area (Å²) in [5.41, 5.74) is 0. The van der Waals surface area contributed by atoms with Crippen molar-refractivity contribution >= 4 is 18.4 Å². The van der Waals surface area contributed by atoms with E-state index in [1.165, 1.54) is 58.2 Å². The van der Waals surface area contributed by atoms with Crippen LogP contribution in [0, 0.1) is 5.92 Å². The van der Waals surface area contributed by atoms with Crippen LogP contribution in [0.25, 0.3) is 0 Å². The van der Waals surface area contributed by atoms with Gasteiger partial charge in [-0.15, -0.1) is 12.4 Å². The van der Waals surface area contributed by atoms with E-state index in [2.05, 4.69) is 9.80 Å². The molecule has 0 unspecified atom stereocenters. The lowest BCUT2D eigenvalue weighted by atomic mass is 9.96. The quantitative estimate of drug-likeness (QED) is 0.847. The number of carbonyl (C=O) groups is 1. The van der Waals surface area contributed by atoms with Gasteiger partial charge in [-0.25, -0.2) is 0 Å². The topological polar surface area (TPSA) is 43.8 Å². The average Bonchev–Trinajstić information content (AvgIpc) is 2.66. The Kier molecular flexibility index (Phi) is 8.50. The average molecular weight is 305 g/mol. The number of rotatable bonds is 5. The minimum absolute atomic E-state index is 0. The van der Waals surface area contributed by atoms with Crippen molar-refractivity contribution in [2.75, 3.05) is 39.3 Å². The fourth-order valence-electron chi connectivity index (χ4n) is 3.33. The summed E-state index contributed by atoms with van der Waals surface area (Å²) in [6.45, 7) is 6.76. The van der Waals surface area contributed by atoms with Gasteiger partial charge in [0.2, 0.25) is 0 Å². The molecule has 2 heterocycles. The summed E-state index contributed by atoms with van der Waals surface area (Å²) in [7, 11) is 0. The highest BCUT2D eigenvalue weighted by Crippen LogP contribution is 2.20. The van der Waals surface area contributed by atoms with Gasteiger partial charge in [0.05, 0.1) is 6.42 Å². The van der Waals surface area contributed by atoms with E-state index in [0.717, 1.165) is 25.6 Å². The van der Waals surface area contributed by atoms with Gasteiger partial charge in [0.15, 0.2) is 0 Å². The first-order valence-corrected chi connectivity index (χ1v) is 7.90. The van der Waals surface area contributed by atoms with E-state index >= 15 is 0 Å². The fourth-order valence-corrected chi connectivity index (χ4v) is 3.33. The first-order valence-electron chi connectivity index (χ1n) is 7.90. The molecule has 0 aromatic heterocycles. The normalized spacial score (nSPS) is 23.0. The first-order chi connectivity index (χ1) is 9.24. The zero-order chi connectivity index (χ0) is 13.5. The maximum Gasteiger partial charge on any atom is 0.304 e. The molecule has 0 radical (unpaired) electrons. The van der Waals surface area contributed by atoms with Gasteiger partial charge in [-0.2, -0.15) is 0 Å². The van der Waals surface area contributed by atoms with Crippen LogP contribution in [0.2, 0.25) is 0 Å². The molecule has 0 aromatic rings. The summed E-state index contributed by atoms with van der Waals surface area (Å²) >= 11 is 0. The van der Waals surface area contributed by atoms with E-state index in [9.17, 15) is 4.79 Å². The molecule has 118 valence electrons. The molecule has 20 heavy (non-hydrogen) atoms. The maximum absolute atomic E-state index is 10.6. The number of hydrogen-bond acceptors (Lipinski definition) is 3. The molecular formula is C15H29ClN2O2. The van der Waals surface area contributed by atoms with Gasteiger partial charge in [-0.3, -0.25) is 4.79 Å². The summed E-state index contributed by atoms with van der Waals surface area (Å²) in [5, 5.41) is 8.71. The number of piperidine rings is 1. The van der Waals surface area contributed by atoms with Gasteiger partial charge in [0.25, 0.3) is 0 Å². The molecule has 0 bridgehead atoms. The van der Waals surface area contributed by atoms with Crippen molar-refractivity contribution in [1.82, 2.24) is 9.80 Å². The molecule has 0 spiro atoms. The molecule has 1 N–H and O–H groups in total. The largest absolute Gasteiger partial charge is 0.481 e. The van der Waals surface area contributed by atoms with Crippen LogP contribution in [0.15, 0.2) is 0 Å². The third kappa shape index (κ3) is 6.42. The molecule has 0 aromatic carbocycles. The Balaban J connectivity index is 0.00000200. The second-order valence-corrected chi connectivity index (χ2v) is 6.14. The van der Waals surface area contributed by atoms with Crippen molar-refractivity contribution in [2.45, 2.75) is 44.9 Å². The zero-order valence-corrected chi connectivity index (χ0v) is 13.2. The summed E-state index contributed by atoms with van der Waals surface area (Å²) in [6.07, 6.45) is 8.34. The van der Waals surface area contributed by atoms with Crippen LogP contribution in [0.1, 0.15) is 44.9 Å². The maximum atomic E-state index is 10.6. The van der Waals surface area contributed by atoms with E-state index in [-0.39, 0.29) is 18.8 Å². The molecule has 2 rings (SSSR count). The number of aliphatic carboxylic acids is 1. The minimum Gasteiger partial charge on any atom is -0.481 e. The number of hydrogen-bond donors (Lipinski definition) is 1. The second-order valence-electron chi connectivity index (χ2n) is 6.14. The van der Waals surface area contributed by atoms with Gasteiger partial charge < -0.3 is 14.9 Å². The monoisotopic (exact) mass is 304 g/mol. The Bertz CT molecular complexity index is 273. The standard InChI is InChI=1S/C15H28N2O2.ClH/c18-15(19)7-12-16-10-5-14(6-11-16)13-17-8-3-1-2-4-9-17;/h14H,1-13H2,(H,18,19);1H. The van der Waals surface area contributed by atoms with Crippen molar-refractivity contribution in [3.05, 3.63) is 0 Å². The second kappa shape index (κ2) is 9.59. The van der Waals surface area contributed by atoms with Crippen LogP contribution >= 0.6 is 12.4 Å². The van der Waals surface area contributed by atoms with Gasteiger partial charge in [-0.1, -0.05) is 12.8 Å². The van der Waals surface area contributed by atoms with Crippen molar-refractivity contribution in [3.63, 3.8) is 0 Å². The molecule has 2 saturated heterocycles. The fraction of sp³-hybridized carbons (Fsp3) is 0.933. The van der Waals surface area contributed by atoms with Crippen LogP contribution in [0.3, 0.4) is 0 Å². The lowest BCUT2D eigenvalue weighted by Gasteiger charge is -2.34. The Hall–Kier alpha value is -0.320.